The van der Waals surface area contributed by atoms with E-state index in [1.807, 2.05) is 12.3 Å². The Morgan fingerprint density at radius 1 is 1.39 bits per heavy atom. The van der Waals surface area contributed by atoms with Crippen molar-refractivity contribution in [2.75, 3.05) is 6.54 Å². The molecule has 0 radical (unpaired) electrons. The molecule has 0 unspecified atom stereocenters. The van der Waals surface area contributed by atoms with Gasteiger partial charge in [-0.15, -0.1) is 0 Å². The molecule has 1 N–H and O–H groups in total. The Kier molecular flexibility index (Phi) is 5.45. The summed E-state index contributed by atoms with van der Waals surface area (Å²) in [7, 11) is 0. The number of hydrogen-bond donors (Lipinski definition) is 1. The van der Waals surface area contributed by atoms with Crippen LogP contribution in [0.5, 0.6) is 0 Å². The highest BCUT2D eigenvalue weighted by atomic mass is 16.6. The van der Waals surface area contributed by atoms with E-state index in [-0.39, 0.29) is 18.0 Å². The monoisotopic (exact) mass is 320 g/mol. The van der Waals surface area contributed by atoms with Crippen molar-refractivity contribution < 1.29 is 9.72 Å². The first-order chi connectivity index (χ1) is 11.0. The maximum Gasteiger partial charge on any atom is 0.312 e. The molecule has 9 heteroatoms. The van der Waals surface area contributed by atoms with Crippen LogP contribution in [0.15, 0.2) is 18.5 Å². The predicted octanol–water partition coefficient (Wildman–Crippen LogP) is 1.20. The molecule has 0 aliphatic rings. The average molecular weight is 320 g/mol. The van der Waals surface area contributed by atoms with Gasteiger partial charge in [-0.3, -0.25) is 24.3 Å². The molecule has 0 aliphatic carbocycles. The van der Waals surface area contributed by atoms with Gasteiger partial charge in [0.2, 0.25) is 5.91 Å². The summed E-state index contributed by atoms with van der Waals surface area (Å²) in [6.45, 7) is 4.87. The summed E-state index contributed by atoms with van der Waals surface area (Å²) >= 11 is 0. The Hall–Kier alpha value is -2.71. The zero-order chi connectivity index (χ0) is 16.8. The fourth-order valence-corrected chi connectivity index (χ4v) is 2.37. The molecule has 9 nitrogen and oxygen atoms in total. The van der Waals surface area contributed by atoms with Crippen molar-refractivity contribution in [2.45, 2.75) is 39.8 Å². The normalized spacial score (nSPS) is 10.7. The minimum absolute atomic E-state index is 0.0182. The van der Waals surface area contributed by atoms with Gasteiger partial charge in [-0.2, -0.15) is 10.2 Å². The molecule has 2 aromatic heterocycles. The molecule has 0 saturated heterocycles. The van der Waals surface area contributed by atoms with Crippen LogP contribution in [0.3, 0.4) is 0 Å². The highest BCUT2D eigenvalue weighted by Gasteiger charge is 2.21. The molecule has 2 rings (SSSR count). The number of aryl methyl sites for hydroxylation is 3. The van der Waals surface area contributed by atoms with Crippen LogP contribution in [0, 0.1) is 24.0 Å². The molecule has 0 spiro atoms. The second-order valence-electron chi connectivity index (χ2n) is 5.22. The van der Waals surface area contributed by atoms with Crippen LogP contribution < -0.4 is 5.32 Å². The molecule has 0 atom stereocenters. The van der Waals surface area contributed by atoms with Gasteiger partial charge >= 0.3 is 5.69 Å². The fraction of sp³-hybridized carbons (Fsp3) is 0.500. The quantitative estimate of drug-likeness (QED) is 0.447. The Labute approximate surface area is 133 Å². The zero-order valence-corrected chi connectivity index (χ0v) is 13.2. The van der Waals surface area contributed by atoms with Gasteiger partial charge in [0, 0.05) is 31.9 Å². The maximum atomic E-state index is 11.8. The van der Waals surface area contributed by atoms with Crippen molar-refractivity contribution in [3.63, 3.8) is 0 Å². The largest absolute Gasteiger partial charge is 0.356 e. The second-order valence-corrected chi connectivity index (χ2v) is 5.22. The van der Waals surface area contributed by atoms with Gasteiger partial charge in [0.25, 0.3) is 0 Å². The van der Waals surface area contributed by atoms with Gasteiger partial charge in [0.1, 0.15) is 11.4 Å². The summed E-state index contributed by atoms with van der Waals surface area (Å²) in [6.07, 6.45) is 4.61. The topological polar surface area (TPSA) is 108 Å². The van der Waals surface area contributed by atoms with Crippen LogP contribution in [0.2, 0.25) is 0 Å². The minimum Gasteiger partial charge on any atom is -0.356 e. The lowest BCUT2D eigenvalue weighted by Crippen LogP contribution is -2.26. The number of rotatable bonds is 8. The van der Waals surface area contributed by atoms with Crippen LogP contribution in [-0.4, -0.2) is 36.9 Å². The summed E-state index contributed by atoms with van der Waals surface area (Å²) in [5, 5.41) is 22.0. The van der Waals surface area contributed by atoms with Crippen molar-refractivity contribution in [3.8, 4) is 0 Å². The van der Waals surface area contributed by atoms with E-state index in [2.05, 4.69) is 15.5 Å². The van der Waals surface area contributed by atoms with Gasteiger partial charge in [0.05, 0.1) is 11.5 Å². The van der Waals surface area contributed by atoms with E-state index >= 15 is 0 Å². The molecule has 2 aromatic rings. The van der Waals surface area contributed by atoms with E-state index in [1.54, 1.807) is 24.7 Å². The number of hydrogen-bond acceptors (Lipinski definition) is 5. The Balaban J connectivity index is 1.74. The first-order valence-electron chi connectivity index (χ1n) is 7.41. The molecule has 23 heavy (non-hydrogen) atoms. The number of carbonyl (C=O) groups excluding carboxylic acids is 1. The molecule has 124 valence electrons. The van der Waals surface area contributed by atoms with Gasteiger partial charge in [-0.05, 0) is 26.3 Å². The van der Waals surface area contributed by atoms with E-state index < -0.39 is 4.92 Å². The Morgan fingerprint density at radius 3 is 2.78 bits per heavy atom. The molecule has 0 saturated carbocycles. The molecule has 2 heterocycles. The lowest BCUT2D eigenvalue weighted by molar-refractivity contribution is -0.386. The maximum absolute atomic E-state index is 11.8. The van der Waals surface area contributed by atoms with Gasteiger partial charge in [-0.25, -0.2) is 0 Å². The predicted molar refractivity (Wildman–Crippen MR) is 82.8 cm³/mol. The SMILES string of the molecule is Cc1nn(CCC(=O)NCCCn2cccn2)c(C)c1[N+](=O)[O-]. The van der Waals surface area contributed by atoms with Gasteiger partial charge in [-0.1, -0.05) is 0 Å². The third kappa shape index (κ3) is 4.38. The number of nitrogens with zero attached hydrogens (tertiary/aromatic N) is 5. The molecule has 0 aliphatic heterocycles. The van der Waals surface area contributed by atoms with Crippen LogP contribution >= 0.6 is 0 Å². The van der Waals surface area contributed by atoms with Crippen LogP contribution in [0.1, 0.15) is 24.2 Å². The number of nitro groups is 1. The Bertz CT molecular complexity index is 677. The van der Waals surface area contributed by atoms with Gasteiger partial charge in [0.15, 0.2) is 0 Å². The second kappa shape index (κ2) is 7.52. The average Bonchev–Trinajstić information content (AvgIpc) is 3.09. The third-order valence-electron chi connectivity index (χ3n) is 3.52. The van der Waals surface area contributed by atoms with Crippen molar-refractivity contribution >= 4 is 11.6 Å². The molecule has 0 bridgehead atoms. The first-order valence-corrected chi connectivity index (χ1v) is 7.41. The van der Waals surface area contributed by atoms with Crippen molar-refractivity contribution in [3.05, 3.63) is 40.0 Å². The molecule has 1 amide bonds. The van der Waals surface area contributed by atoms with E-state index in [4.69, 9.17) is 0 Å². The molecule has 0 fully saturated rings. The fourth-order valence-electron chi connectivity index (χ4n) is 2.37. The van der Waals surface area contributed by atoms with E-state index in [0.717, 1.165) is 13.0 Å². The van der Waals surface area contributed by atoms with E-state index in [0.29, 0.717) is 24.5 Å². The van der Waals surface area contributed by atoms with Crippen LogP contribution in [0.25, 0.3) is 0 Å². The van der Waals surface area contributed by atoms with Crippen LogP contribution in [-0.2, 0) is 17.9 Å². The smallest absolute Gasteiger partial charge is 0.312 e. The number of carbonyl (C=O) groups is 1. The molecule has 0 aromatic carbocycles. The summed E-state index contributed by atoms with van der Waals surface area (Å²) in [5.74, 6) is -0.0966. The van der Waals surface area contributed by atoms with Gasteiger partial charge < -0.3 is 5.32 Å². The lowest BCUT2D eigenvalue weighted by Gasteiger charge is -2.06. The van der Waals surface area contributed by atoms with Crippen molar-refractivity contribution in [1.82, 2.24) is 24.9 Å². The summed E-state index contributed by atoms with van der Waals surface area (Å²) in [5.41, 5.74) is 0.857. The summed E-state index contributed by atoms with van der Waals surface area (Å²) in [6, 6.07) is 1.85. The summed E-state index contributed by atoms with van der Waals surface area (Å²) in [4.78, 5) is 22.3. The van der Waals surface area contributed by atoms with Crippen molar-refractivity contribution in [2.24, 2.45) is 0 Å². The summed E-state index contributed by atoms with van der Waals surface area (Å²) < 4.78 is 3.32. The number of amides is 1. The molecular formula is C14H20N6O3. The third-order valence-corrected chi connectivity index (χ3v) is 3.52. The highest BCUT2D eigenvalue weighted by Crippen LogP contribution is 2.21. The zero-order valence-electron chi connectivity index (χ0n) is 13.2. The Morgan fingerprint density at radius 2 is 2.17 bits per heavy atom. The van der Waals surface area contributed by atoms with E-state index in [1.165, 1.54) is 4.68 Å². The van der Waals surface area contributed by atoms with Crippen molar-refractivity contribution in [1.29, 1.82) is 0 Å². The highest BCUT2D eigenvalue weighted by molar-refractivity contribution is 5.75. The number of nitrogens with one attached hydrogen (secondary N) is 1. The first kappa shape index (κ1) is 16.7. The minimum atomic E-state index is -0.441. The molecular weight excluding hydrogens is 300 g/mol. The standard InChI is InChI=1S/C14H20N6O3/c1-11-14(20(22)23)12(2)19(17-11)10-5-13(21)15-6-3-8-18-9-4-7-16-18/h4,7,9H,3,5-6,8,10H2,1-2H3,(H,15,21). The van der Waals surface area contributed by atoms with Crippen LogP contribution in [0.4, 0.5) is 5.69 Å². The number of aromatic nitrogens is 4. The van der Waals surface area contributed by atoms with E-state index in [9.17, 15) is 14.9 Å². The lowest BCUT2D eigenvalue weighted by atomic mass is 10.3.